The highest BCUT2D eigenvalue weighted by atomic mass is 16.4. The molecule has 0 aliphatic heterocycles. The lowest BCUT2D eigenvalue weighted by Crippen LogP contribution is -2.18. The molecule has 0 amide bonds. The molecule has 2 aromatic rings. The van der Waals surface area contributed by atoms with Gasteiger partial charge in [0.1, 0.15) is 6.10 Å². The van der Waals surface area contributed by atoms with E-state index in [9.17, 15) is 14.7 Å². The molecule has 0 fully saturated rings. The van der Waals surface area contributed by atoms with Gasteiger partial charge in [0.05, 0.1) is 5.92 Å². The summed E-state index contributed by atoms with van der Waals surface area (Å²) in [7, 11) is 0. The molecule has 0 spiro atoms. The van der Waals surface area contributed by atoms with E-state index in [1.165, 1.54) is 0 Å². The Balaban J connectivity index is 2.28. The number of hydrogen-bond donors (Lipinski definition) is 2. The van der Waals surface area contributed by atoms with Gasteiger partial charge in [0.2, 0.25) is 0 Å². The van der Waals surface area contributed by atoms with E-state index in [2.05, 4.69) is 0 Å². The minimum Gasteiger partial charge on any atom is -0.481 e. The monoisotopic (exact) mass is 298 g/mol. The normalized spacial score (nSPS) is 13.4. The van der Waals surface area contributed by atoms with E-state index in [0.717, 1.165) is 0 Å². The maximum Gasteiger partial charge on any atom is 0.306 e. The van der Waals surface area contributed by atoms with Crippen molar-refractivity contribution in [1.29, 1.82) is 0 Å². The first-order chi connectivity index (χ1) is 10.5. The number of aliphatic hydroxyl groups excluding tert-OH is 1. The summed E-state index contributed by atoms with van der Waals surface area (Å²) in [6.07, 6.45) is -0.999. The first-order valence-corrected chi connectivity index (χ1v) is 7.08. The number of aliphatic carboxylic acids is 1. The van der Waals surface area contributed by atoms with Crippen LogP contribution in [0.1, 0.15) is 34.5 Å². The molecule has 2 N–H and O–H groups in total. The molecule has 2 aromatic carbocycles. The van der Waals surface area contributed by atoms with Crippen LogP contribution < -0.4 is 0 Å². The third-order valence-electron chi connectivity index (χ3n) is 3.59. The van der Waals surface area contributed by atoms with Crippen molar-refractivity contribution in [2.45, 2.75) is 19.4 Å². The fourth-order valence-electron chi connectivity index (χ4n) is 2.29. The van der Waals surface area contributed by atoms with E-state index in [0.29, 0.717) is 16.7 Å². The molecule has 4 heteroatoms. The van der Waals surface area contributed by atoms with Crippen molar-refractivity contribution in [3.8, 4) is 0 Å². The van der Waals surface area contributed by atoms with Gasteiger partial charge in [-0.05, 0) is 17.5 Å². The van der Waals surface area contributed by atoms with Gasteiger partial charge in [-0.15, -0.1) is 0 Å². The summed E-state index contributed by atoms with van der Waals surface area (Å²) in [5, 5.41) is 19.3. The third-order valence-corrected chi connectivity index (χ3v) is 3.59. The Morgan fingerprint density at radius 1 is 1.00 bits per heavy atom. The van der Waals surface area contributed by atoms with Crippen LogP contribution in [0.3, 0.4) is 0 Å². The van der Waals surface area contributed by atoms with Crippen molar-refractivity contribution in [2.24, 2.45) is 5.92 Å². The van der Waals surface area contributed by atoms with Gasteiger partial charge in [-0.2, -0.15) is 0 Å². The number of hydrogen-bond acceptors (Lipinski definition) is 3. The van der Waals surface area contributed by atoms with Crippen molar-refractivity contribution in [3.63, 3.8) is 0 Å². The van der Waals surface area contributed by atoms with Crippen molar-refractivity contribution in [3.05, 3.63) is 71.3 Å². The molecule has 0 saturated carbocycles. The summed E-state index contributed by atoms with van der Waals surface area (Å²) in [6.45, 7) is 1.59. The lowest BCUT2D eigenvalue weighted by atomic mass is 9.91. The van der Waals surface area contributed by atoms with Crippen LogP contribution >= 0.6 is 0 Å². The standard InChI is InChI=1S/C18H18O4/c1-12(18(21)22)11-14-9-5-6-10-15(14)17(20)16(19)13-7-3-2-4-8-13/h2-10,12,16,19H,11H2,1H3,(H,21,22). The maximum atomic E-state index is 12.5. The van der Waals surface area contributed by atoms with Crippen LogP contribution in [-0.4, -0.2) is 22.0 Å². The highest BCUT2D eigenvalue weighted by Crippen LogP contribution is 2.22. The second-order valence-electron chi connectivity index (χ2n) is 5.28. The Morgan fingerprint density at radius 3 is 2.23 bits per heavy atom. The van der Waals surface area contributed by atoms with Gasteiger partial charge < -0.3 is 10.2 Å². The maximum absolute atomic E-state index is 12.5. The van der Waals surface area contributed by atoms with Crippen molar-refractivity contribution in [1.82, 2.24) is 0 Å². The van der Waals surface area contributed by atoms with Crippen molar-refractivity contribution in [2.75, 3.05) is 0 Å². The Morgan fingerprint density at radius 2 is 1.59 bits per heavy atom. The zero-order chi connectivity index (χ0) is 16.1. The highest BCUT2D eigenvalue weighted by molar-refractivity contribution is 6.01. The molecular weight excluding hydrogens is 280 g/mol. The predicted octanol–water partition coefficient (Wildman–Crippen LogP) is 2.87. The Labute approximate surface area is 129 Å². The zero-order valence-electron chi connectivity index (χ0n) is 12.3. The summed E-state index contributed by atoms with van der Waals surface area (Å²) >= 11 is 0. The number of Topliss-reactive ketones (excluding diaryl/α,β-unsaturated/α-hetero) is 1. The van der Waals surface area contributed by atoms with Gasteiger partial charge in [-0.25, -0.2) is 0 Å². The van der Waals surface area contributed by atoms with Gasteiger partial charge >= 0.3 is 5.97 Å². The van der Waals surface area contributed by atoms with Crippen LogP contribution in [0.25, 0.3) is 0 Å². The summed E-state index contributed by atoms with van der Waals surface area (Å²) < 4.78 is 0. The van der Waals surface area contributed by atoms with Gasteiger partial charge in [0.25, 0.3) is 0 Å². The second-order valence-corrected chi connectivity index (χ2v) is 5.28. The SMILES string of the molecule is CC(Cc1ccccc1C(=O)C(O)c1ccccc1)C(=O)O. The van der Waals surface area contributed by atoms with Crippen LogP contribution in [0.2, 0.25) is 0 Å². The third kappa shape index (κ3) is 3.59. The van der Waals surface area contributed by atoms with Gasteiger partial charge in [-0.3, -0.25) is 9.59 Å². The quantitative estimate of drug-likeness (QED) is 0.804. The molecule has 22 heavy (non-hydrogen) atoms. The lowest BCUT2D eigenvalue weighted by molar-refractivity contribution is -0.141. The number of aliphatic hydroxyl groups is 1. The van der Waals surface area contributed by atoms with E-state index in [4.69, 9.17) is 5.11 Å². The molecule has 0 aliphatic carbocycles. The lowest BCUT2D eigenvalue weighted by Gasteiger charge is -2.14. The Bertz CT molecular complexity index is 664. The molecule has 0 radical (unpaired) electrons. The van der Waals surface area contributed by atoms with Crippen LogP contribution in [0, 0.1) is 5.92 Å². The molecule has 0 bridgehead atoms. The van der Waals surface area contributed by atoms with E-state index in [1.807, 2.05) is 6.07 Å². The average Bonchev–Trinajstić information content (AvgIpc) is 2.54. The minimum atomic E-state index is -1.25. The van der Waals surface area contributed by atoms with E-state index < -0.39 is 23.8 Å². The van der Waals surface area contributed by atoms with Crippen molar-refractivity contribution < 1.29 is 19.8 Å². The fraction of sp³-hybridized carbons (Fsp3) is 0.222. The largest absolute Gasteiger partial charge is 0.481 e. The second kappa shape index (κ2) is 7.00. The van der Waals surface area contributed by atoms with E-state index >= 15 is 0 Å². The molecule has 0 heterocycles. The molecule has 114 valence electrons. The summed E-state index contributed by atoms with van der Waals surface area (Å²) in [6, 6.07) is 15.5. The molecule has 0 saturated heterocycles. The molecule has 2 atom stereocenters. The summed E-state index contributed by atoms with van der Waals surface area (Å²) in [4.78, 5) is 23.5. The molecule has 0 aromatic heterocycles. The number of ketones is 1. The van der Waals surface area contributed by atoms with Crippen LogP contribution in [-0.2, 0) is 11.2 Å². The topological polar surface area (TPSA) is 74.6 Å². The Kier molecular flexibility index (Phi) is 5.07. The smallest absolute Gasteiger partial charge is 0.306 e. The van der Waals surface area contributed by atoms with Gasteiger partial charge in [0, 0.05) is 5.56 Å². The number of rotatable bonds is 6. The minimum absolute atomic E-state index is 0.249. The van der Waals surface area contributed by atoms with Crippen LogP contribution in [0.4, 0.5) is 0 Å². The number of carboxylic acid groups (broad SMARTS) is 1. The number of carboxylic acids is 1. The summed E-state index contributed by atoms with van der Waals surface area (Å²) in [5.41, 5.74) is 1.53. The highest BCUT2D eigenvalue weighted by Gasteiger charge is 2.23. The van der Waals surface area contributed by atoms with Crippen LogP contribution in [0.15, 0.2) is 54.6 Å². The Hall–Kier alpha value is -2.46. The predicted molar refractivity (Wildman–Crippen MR) is 82.7 cm³/mol. The first-order valence-electron chi connectivity index (χ1n) is 7.08. The summed E-state index contributed by atoms with van der Waals surface area (Å²) in [5.74, 6) is -1.92. The molecule has 2 unspecified atom stereocenters. The van der Waals surface area contributed by atoms with Gasteiger partial charge in [-0.1, -0.05) is 61.5 Å². The molecule has 4 nitrogen and oxygen atoms in total. The molecular formula is C18H18O4. The molecule has 2 rings (SSSR count). The molecule has 0 aliphatic rings. The zero-order valence-corrected chi connectivity index (χ0v) is 12.3. The average molecular weight is 298 g/mol. The van der Waals surface area contributed by atoms with E-state index in [-0.39, 0.29) is 6.42 Å². The van der Waals surface area contributed by atoms with E-state index in [1.54, 1.807) is 55.5 Å². The fourth-order valence-corrected chi connectivity index (χ4v) is 2.29. The number of carbonyl (C=O) groups excluding carboxylic acids is 1. The number of carbonyl (C=O) groups is 2. The number of benzene rings is 2. The van der Waals surface area contributed by atoms with Crippen molar-refractivity contribution >= 4 is 11.8 Å². The van der Waals surface area contributed by atoms with Crippen LogP contribution in [0.5, 0.6) is 0 Å². The first kappa shape index (κ1) is 15.9. The van der Waals surface area contributed by atoms with Gasteiger partial charge in [0.15, 0.2) is 5.78 Å².